The molecule has 120 valence electrons. The van der Waals surface area contributed by atoms with E-state index in [0.29, 0.717) is 29.0 Å². The van der Waals surface area contributed by atoms with E-state index >= 15 is 0 Å². The highest BCUT2D eigenvalue weighted by Crippen LogP contribution is 2.36. The van der Waals surface area contributed by atoms with Crippen LogP contribution in [0.5, 0.6) is 11.5 Å². The Morgan fingerprint density at radius 2 is 2.10 bits per heavy atom. The summed E-state index contributed by atoms with van der Waals surface area (Å²) in [7, 11) is 1.61. The first-order valence-electron chi connectivity index (χ1n) is 6.89. The van der Waals surface area contributed by atoms with Crippen LogP contribution in [0.4, 0.5) is 0 Å². The first kappa shape index (κ1) is 20.1. The van der Waals surface area contributed by atoms with Crippen LogP contribution in [0.1, 0.15) is 25.8 Å². The summed E-state index contributed by atoms with van der Waals surface area (Å²) in [5.41, 5.74) is 1.08. The topological polar surface area (TPSA) is 30.5 Å². The van der Waals surface area contributed by atoms with Gasteiger partial charge < -0.3 is 14.8 Å². The van der Waals surface area contributed by atoms with Gasteiger partial charge in [-0.1, -0.05) is 38.1 Å². The van der Waals surface area contributed by atoms with Crippen LogP contribution in [0.25, 0.3) is 0 Å². The summed E-state index contributed by atoms with van der Waals surface area (Å²) in [4.78, 5) is 0. The van der Waals surface area contributed by atoms with E-state index in [0.717, 1.165) is 25.1 Å². The number of rotatable bonds is 9. The molecular formula is C16H25Cl2NO2. The lowest BCUT2D eigenvalue weighted by atomic mass is 10.1. The molecule has 0 spiro atoms. The predicted octanol–water partition coefficient (Wildman–Crippen LogP) is 4.47. The van der Waals surface area contributed by atoms with E-state index in [1.54, 1.807) is 13.2 Å². The minimum absolute atomic E-state index is 0. The number of hydrogen-bond donors (Lipinski definition) is 1. The Morgan fingerprint density at radius 1 is 1.38 bits per heavy atom. The van der Waals surface area contributed by atoms with Gasteiger partial charge in [-0.3, -0.25) is 0 Å². The Labute approximate surface area is 139 Å². The molecule has 0 aliphatic rings. The van der Waals surface area contributed by atoms with E-state index in [4.69, 9.17) is 21.1 Å². The van der Waals surface area contributed by atoms with E-state index in [2.05, 4.69) is 25.7 Å². The largest absolute Gasteiger partial charge is 0.493 e. The molecule has 0 saturated heterocycles. The van der Waals surface area contributed by atoms with Gasteiger partial charge in [0.05, 0.1) is 12.1 Å². The maximum absolute atomic E-state index is 6.25. The predicted molar refractivity (Wildman–Crippen MR) is 92.1 cm³/mol. The van der Waals surface area contributed by atoms with Gasteiger partial charge in [-0.25, -0.2) is 0 Å². The molecule has 0 radical (unpaired) electrons. The van der Waals surface area contributed by atoms with Crippen LogP contribution in [0, 0.1) is 5.92 Å². The van der Waals surface area contributed by atoms with Crippen LogP contribution in [0.15, 0.2) is 24.8 Å². The smallest absolute Gasteiger partial charge is 0.180 e. The molecule has 0 aliphatic carbocycles. The van der Waals surface area contributed by atoms with Gasteiger partial charge in [0, 0.05) is 6.54 Å². The monoisotopic (exact) mass is 333 g/mol. The zero-order valence-electron chi connectivity index (χ0n) is 12.9. The first-order valence-corrected chi connectivity index (χ1v) is 7.27. The second kappa shape index (κ2) is 10.8. The maximum Gasteiger partial charge on any atom is 0.180 e. The van der Waals surface area contributed by atoms with Crippen LogP contribution in [0.3, 0.4) is 0 Å². The third-order valence-electron chi connectivity index (χ3n) is 2.86. The fraction of sp³-hybridized carbons (Fsp3) is 0.500. The van der Waals surface area contributed by atoms with Crippen LogP contribution < -0.4 is 14.8 Å². The molecule has 1 rings (SSSR count). The lowest BCUT2D eigenvalue weighted by molar-refractivity contribution is 0.326. The number of methoxy groups -OCH3 is 1. The lowest BCUT2D eigenvalue weighted by Crippen LogP contribution is -2.16. The number of halogens is 2. The highest BCUT2D eigenvalue weighted by atomic mass is 35.5. The van der Waals surface area contributed by atoms with E-state index in [-0.39, 0.29) is 12.4 Å². The molecule has 0 saturated carbocycles. The Morgan fingerprint density at radius 3 is 2.67 bits per heavy atom. The zero-order valence-corrected chi connectivity index (χ0v) is 14.5. The van der Waals surface area contributed by atoms with Crippen LogP contribution >= 0.6 is 24.0 Å². The van der Waals surface area contributed by atoms with Gasteiger partial charge in [-0.05, 0) is 36.6 Å². The molecule has 1 aromatic carbocycles. The third-order valence-corrected chi connectivity index (χ3v) is 3.14. The van der Waals surface area contributed by atoms with E-state index in [1.165, 1.54) is 0 Å². The first-order chi connectivity index (χ1) is 9.58. The van der Waals surface area contributed by atoms with Crippen molar-refractivity contribution in [3.05, 3.63) is 35.4 Å². The quantitative estimate of drug-likeness (QED) is 0.534. The number of ether oxygens (including phenoxy) is 2. The Bertz CT molecular complexity index is 437. The highest BCUT2D eigenvalue weighted by molar-refractivity contribution is 6.32. The molecule has 0 aromatic heterocycles. The van der Waals surface area contributed by atoms with E-state index < -0.39 is 0 Å². The average Bonchev–Trinajstić information content (AvgIpc) is 2.41. The van der Waals surface area contributed by atoms with Gasteiger partial charge in [-0.2, -0.15) is 0 Å². The number of hydrogen-bond acceptors (Lipinski definition) is 3. The van der Waals surface area contributed by atoms with Crippen molar-refractivity contribution in [3.63, 3.8) is 0 Å². The molecule has 3 nitrogen and oxygen atoms in total. The normalized spacial score (nSPS) is 10.1. The molecule has 0 unspecified atom stereocenters. The summed E-state index contributed by atoms with van der Waals surface area (Å²) in [6.45, 7) is 10.2. The Hall–Kier alpha value is -0.900. The molecule has 0 amide bonds. The van der Waals surface area contributed by atoms with Gasteiger partial charge in [0.15, 0.2) is 11.5 Å². The molecule has 0 atom stereocenters. The maximum atomic E-state index is 6.25. The van der Waals surface area contributed by atoms with Crippen molar-refractivity contribution in [1.29, 1.82) is 0 Å². The number of nitrogens with one attached hydrogen (secondary N) is 1. The van der Waals surface area contributed by atoms with Crippen molar-refractivity contribution in [1.82, 2.24) is 5.32 Å². The average molecular weight is 334 g/mol. The van der Waals surface area contributed by atoms with Crippen molar-refractivity contribution in [3.8, 4) is 11.5 Å². The van der Waals surface area contributed by atoms with Crippen molar-refractivity contribution in [2.45, 2.75) is 26.8 Å². The molecule has 1 aromatic rings. The van der Waals surface area contributed by atoms with Crippen LogP contribution in [0.2, 0.25) is 5.02 Å². The van der Waals surface area contributed by atoms with E-state index in [9.17, 15) is 0 Å². The summed E-state index contributed by atoms with van der Waals surface area (Å²) in [5, 5.41) is 3.96. The van der Waals surface area contributed by atoms with E-state index in [1.807, 2.05) is 12.1 Å². The van der Waals surface area contributed by atoms with Gasteiger partial charge in [0.1, 0.15) is 6.61 Å². The van der Waals surface area contributed by atoms with Gasteiger partial charge >= 0.3 is 0 Å². The summed E-state index contributed by atoms with van der Waals surface area (Å²) >= 11 is 6.25. The van der Waals surface area contributed by atoms with Gasteiger partial charge in [-0.15, -0.1) is 12.4 Å². The summed E-state index contributed by atoms with van der Waals surface area (Å²) < 4.78 is 10.9. The van der Waals surface area contributed by atoms with Crippen LogP contribution in [-0.2, 0) is 6.54 Å². The minimum Gasteiger partial charge on any atom is -0.493 e. The molecule has 0 heterocycles. The second-order valence-electron chi connectivity index (χ2n) is 5.07. The van der Waals surface area contributed by atoms with Crippen molar-refractivity contribution >= 4 is 24.0 Å². The number of benzene rings is 1. The molecular weight excluding hydrogens is 309 g/mol. The third kappa shape index (κ3) is 7.07. The molecule has 0 aliphatic heterocycles. The second-order valence-corrected chi connectivity index (χ2v) is 5.48. The molecule has 1 N–H and O–H groups in total. The molecule has 0 bridgehead atoms. The Kier molecular flexibility index (Phi) is 10.3. The molecule has 5 heteroatoms. The van der Waals surface area contributed by atoms with Crippen molar-refractivity contribution < 1.29 is 9.47 Å². The summed E-state index contributed by atoms with van der Waals surface area (Å²) in [5.74, 6) is 1.93. The summed E-state index contributed by atoms with van der Waals surface area (Å²) in [6.07, 6.45) is 2.84. The zero-order chi connectivity index (χ0) is 15.0. The summed E-state index contributed by atoms with van der Waals surface area (Å²) in [6, 6.07) is 3.86. The van der Waals surface area contributed by atoms with Crippen molar-refractivity contribution in [2.24, 2.45) is 5.92 Å². The SMILES string of the molecule is C=CCOc1c(Cl)cc(CNCCC(C)C)cc1OC.Cl. The standard InChI is InChI=1S/C16H24ClNO2.ClH/c1-5-8-20-16-14(17)9-13(10-15(16)19-4)11-18-7-6-12(2)3;/h5,9-10,12,18H,1,6-8,11H2,2-4H3;1H. The molecule has 21 heavy (non-hydrogen) atoms. The highest BCUT2D eigenvalue weighted by Gasteiger charge is 2.11. The fourth-order valence-electron chi connectivity index (χ4n) is 1.78. The fourth-order valence-corrected chi connectivity index (χ4v) is 2.07. The van der Waals surface area contributed by atoms with Crippen LogP contribution in [-0.4, -0.2) is 20.3 Å². The Balaban J connectivity index is 0.00000400. The van der Waals surface area contributed by atoms with Gasteiger partial charge in [0.2, 0.25) is 0 Å². The van der Waals surface area contributed by atoms with Crippen molar-refractivity contribution in [2.75, 3.05) is 20.3 Å². The van der Waals surface area contributed by atoms with Gasteiger partial charge in [0.25, 0.3) is 0 Å². The molecule has 0 fully saturated rings. The lowest BCUT2D eigenvalue weighted by Gasteiger charge is -2.14. The minimum atomic E-state index is 0.